The van der Waals surface area contributed by atoms with Crippen LogP contribution in [0.4, 0.5) is 5.69 Å². The van der Waals surface area contributed by atoms with E-state index in [9.17, 15) is 14.7 Å². The summed E-state index contributed by atoms with van der Waals surface area (Å²) < 4.78 is 0. The van der Waals surface area contributed by atoms with Crippen molar-refractivity contribution in [2.24, 2.45) is 0 Å². The van der Waals surface area contributed by atoms with Gasteiger partial charge in [0.1, 0.15) is 5.70 Å². The Kier molecular flexibility index (Phi) is 5.35. The number of benzene rings is 2. The molecule has 27 heavy (non-hydrogen) atoms. The monoisotopic (exact) mass is 384 g/mol. The number of halogens is 1. The van der Waals surface area contributed by atoms with Gasteiger partial charge < -0.3 is 10.0 Å². The first kappa shape index (κ1) is 19.1. The lowest BCUT2D eigenvalue weighted by Gasteiger charge is -2.21. The molecule has 0 bridgehead atoms. The number of hydrogen-bond donors (Lipinski definition) is 1. The molecule has 0 unspecified atom stereocenters. The Labute approximate surface area is 163 Å². The summed E-state index contributed by atoms with van der Waals surface area (Å²) in [4.78, 5) is 29.3. The zero-order valence-electron chi connectivity index (χ0n) is 15.5. The van der Waals surface area contributed by atoms with Crippen LogP contribution in [-0.2, 0) is 9.59 Å². The second-order valence-electron chi connectivity index (χ2n) is 6.61. The first-order chi connectivity index (χ1) is 12.8. The Morgan fingerprint density at radius 3 is 2.30 bits per heavy atom. The molecule has 0 spiro atoms. The van der Waals surface area contributed by atoms with Crippen molar-refractivity contribution in [1.29, 1.82) is 0 Å². The topological polar surface area (TPSA) is 60.9 Å². The van der Waals surface area contributed by atoms with Crippen molar-refractivity contribution >= 4 is 34.7 Å². The maximum absolute atomic E-state index is 13.3. The van der Waals surface area contributed by atoms with Crippen molar-refractivity contribution in [2.45, 2.75) is 13.8 Å². The summed E-state index contributed by atoms with van der Waals surface area (Å²) in [7, 11) is 1.70. The highest BCUT2D eigenvalue weighted by atomic mass is 35.5. The molecule has 0 aliphatic carbocycles. The Hall–Kier alpha value is -2.63. The number of aliphatic hydroxyl groups is 1. The highest BCUT2D eigenvalue weighted by Crippen LogP contribution is 2.36. The second kappa shape index (κ2) is 7.55. The summed E-state index contributed by atoms with van der Waals surface area (Å²) in [5.74, 6) is -0.786. The zero-order valence-corrected chi connectivity index (χ0v) is 16.2. The fourth-order valence-electron chi connectivity index (χ4n) is 3.20. The molecule has 140 valence electrons. The van der Waals surface area contributed by atoms with Gasteiger partial charge in [0, 0.05) is 18.6 Å². The molecule has 2 aromatic carbocycles. The molecule has 3 rings (SSSR count). The Bertz CT molecular complexity index is 935. The van der Waals surface area contributed by atoms with E-state index >= 15 is 0 Å². The lowest BCUT2D eigenvalue weighted by atomic mass is 10.0. The maximum atomic E-state index is 13.3. The number of nitrogens with zero attached hydrogens (tertiary/aromatic N) is 2. The SMILES string of the molecule is Cc1ccc(C2=C(N(C)CCO)C(=O)N(c3ccc(Cl)cc3C)C2=O)cc1. The molecule has 0 aromatic heterocycles. The average molecular weight is 385 g/mol. The predicted octanol–water partition coefficient (Wildman–Crippen LogP) is 3.17. The van der Waals surface area contributed by atoms with Crippen LogP contribution in [0.3, 0.4) is 0 Å². The van der Waals surface area contributed by atoms with Gasteiger partial charge in [-0.25, -0.2) is 4.90 Å². The van der Waals surface area contributed by atoms with Crippen molar-refractivity contribution in [1.82, 2.24) is 4.90 Å². The molecule has 1 aliphatic heterocycles. The Morgan fingerprint density at radius 2 is 1.70 bits per heavy atom. The lowest BCUT2D eigenvalue weighted by Crippen LogP contribution is -2.35. The quantitative estimate of drug-likeness (QED) is 0.804. The molecule has 0 atom stereocenters. The van der Waals surface area contributed by atoms with Crippen molar-refractivity contribution in [3.05, 3.63) is 69.9 Å². The molecule has 0 saturated heterocycles. The van der Waals surface area contributed by atoms with Crippen molar-refractivity contribution in [2.75, 3.05) is 25.1 Å². The van der Waals surface area contributed by atoms with Crippen LogP contribution >= 0.6 is 11.6 Å². The Balaban J connectivity index is 2.15. The van der Waals surface area contributed by atoms with E-state index in [2.05, 4.69) is 0 Å². The van der Waals surface area contributed by atoms with Crippen LogP contribution in [0.25, 0.3) is 5.57 Å². The van der Waals surface area contributed by atoms with E-state index in [1.807, 2.05) is 38.1 Å². The van der Waals surface area contributed by atoms with E-state index in [0.717, 1.165) is 11.1 Å². The van der Waals surface area contributed by atoms with Gasteiger partial charge >= 0.3 is 0 Å². The van der Waals surface area contributed by atoms with Gasteiger partial charge in [0.2, 0.25) is 0 Å². The van der Waals surface area contributed by atoms with Crippen molar-refractivity contribution in [3.8, 4) is 0 Å². The molecular weight excluding hydrogens is 364 g/mol. The van der Waals surface area contributed by atoms with E-state index in [1.165, 1.54) is 4.90 Å². The van der Waals surface area contributed by atoms with Gasteiger partial charge in [0.15, 0.2) is 0 Å². The van der Waals surface area contributed by atoms with Crippen LogP contribution in [0.15, 0.2) is 48.2 Å². The lowest BCUT2D eigenvalue weighted by molar-refractivity contribution is -0.120. The Morgan fingerprint density at radius 1 is 1.04 bits per heavy atom. The number of aliphatic hydroxyl groups excluding tert-OH is 1. The number of anilines is 1. The van der Waals surface area contributed by atoms with Crippen LogP contribution in [-0.4, -0.2) is 42.0 Å². The molecule has 0 radical (unpaired) electrons. The summed E-state index contributed by atoms with van der Waals surface area (Å²) in [5.41, 5.74) is 3.60. The number of aryl methyl sites for hydroxylation is 2. The number of rotatable bonds is 5. The van der Waals surface area contributed by atoms with E-state index < -0.39 is 5.91 Å². The first-order valence-corrected chi connectivity index (χ1v) is 9.01. The number of imide groups is 1. The number of hydrogen-bond acceptors (Lipinski definition) is 4. The van der Waals surface area contributed by atoms with Gasteiger partial charge in [0.05, 0.1) is 17.9 Å². The number of likely N-dealkylation sites (N-methyl/N-ethyl adjacent to an activating group) is 1. The van der Waals surface area contributed by atoms with Gasteiger partial charge in [-0.3, -0.25) is 9.59 Å². The highest BCUT2D eigenvalue weighted by Gasteiger charge is 2.42. The molecule has 1 aliphatic rings. The molecule has 0 saturated carbocycles. The summed E-state index contributed by atoms with van der Waals surface area (Å²) >= 11 is 6.02. The predicted molar refractivity (Wildman–Crippen MR) is 106 cm³/mol. The fraction of sp³-hybridized carbons (Fsp3) is 0.238. The summed E-state index contributed by atoms with van der Waals surface area (Å²) in [6.45, 7) is 3.89. The summed E-state index contributed by atoms with van der Waals surface area (Å²) in [6, 6.07) is 12.5. The zero-order chi connectivity index (χ0) is 19.7. The van der Waals surface area contributed by atoms with Crippen molar-refractivity contribution < 1.29 is 14.7 Å². The maximum Gasteiger partial charge on any atom is 0.282 e. The van der Waals surface area contributed by atoms with Crippen LogP contribution in [0.1, 0.15) is 16.7 Å². The molecule has 0 fully saturated rings. The summed E-state index contributed by atoms with van der Waals surface area (Å²) in [5, 5.41) is 9.85. The fourth-order valence-corrected chi connectivity index (χ4v) is 3.43. The molecular formula is C21H21ClN2O3. The molecule has 2 amide bonds. The molecule has 6 heteroatoms. The molecule has 1 heterocycles. The number of carbonyl (C=O) groups excluding carboxylic acids is 2. The van der Waals surface area contributed by atoms with Crippen LogP contribution in [0, 0.1) is 13.8 Å². The number of amides is 2. The largest absolute Gasteiger partial charge is 0.395 e. The van der Waals surface area contributed by atoms with Gasteiger partial charge in [-0.05, 0) is 43.2 Å². The minimum atomic E-state index is -0.406. The van der Waals surface area contributed by atoms with E-state index in [-0.39, 0.29) is 24.8 Å². The van der Waals surface area contributed by atoms with Gasteiger partial charge in [-0.15, -0.1) is 0 Å². The first-order valence-electron chi connectivity index (χ1n) is 8.63. The van der Waals surface area contributed by atoms with Gasteiger partial charge in [-0.2, -0.15) is 0 Å². The second-order valence-corrected chi connectivity index (χ2v) is 7.05. The minimum Gasteiger partial charge on any atom is -0.395 e. The highest BCUT2D eigenvalue weighted by molar-refractivity contribution is 6.45. The normalized spacial score (nSPS) is 14.3. The standard InChI is InChI=1S/C21H21ClN2O3/c1-13-4-6-15(7-5-13)18-19(23(3)10-11-25)21(27)24(20(18)26)17-9-8-16(22)12-14(17)2/h4-9,12,25H,10-11H2,1-3H3. The smallest absolute Gasteiger partial charge is 0.282 e. The third kappa shape index (κ3) is 3.48. The van der Waals surface area contributed by atoms with E-state index in [1.54, 1.807) is 30.1 Å². The van der Waals surface area contributed by atoms with Crippen LogP contribution in [0.2, 0.25) is 5.02 Å². The minimum absolute atomic E-state index is 0.122. The van der Waals surface area contributed by atoms with E-state index in [0.29, 0.717) is 21.8 Å². The third-order valence-corrected chi connectivity index (χ3v) is 4.85. The molecule has 2 aromatic rings. The van der Waals surface area contributed by atoms with Crippen molar-refractivity contribution in [3.63, 3.8) is 0 Å². The van der Waals surface area contributed by atoms with Gasteiger partial charge in [0.25, 0.3) is 11.8 Å². The number of carbonyl (C=O) groups is 2. The average Bonchev–Trinajstić information content (AvgIpc) is 2.87. The van der Waals surface area contributed by atoms with Crippen LogP contribution in [0.5, 0.6) is 0 Å². The molecule has 5 nitrogen and oxygen atoms in total. The summed E-state index contributed by atoms with van der Waals surface area (Å²) in [6.07, 6.45) is 0. The third-order valence-electron chi connectivity index (χ3n) is 4.62. The van der Waals surface area contributed by atoms with Gasteiger partial charge in [-0.1, -0.05) is 41.4 Å². The van der Waals surface area contributed by atoms with Crippen LogP contribution < -0.4 is 4.90 Å². The van der Waals surface area contributed by atoms with E-state index in [4.69, 9.17) is 11.6 Å². The molecule has 1 N–H and O–H groups in total.